The first-order chi connectivity index (χ1) is 10.8. The van der Waals surface area contributed by atoms with Crippen molar-refractivity contribution in [3.63, 3.8) is 0 Å². The molecule has 2 aliphatic rings. The molecule has 7 nitrogen and oxygen atoms in total. The summed E-state index contributed by atoms with van der Waals surface area (Å²) in [6, 6.07) is 0.395. The molecule has 1 atom stereocenters. The lowest BCUT2D eigenvalue weighted by Gasteiger charge is -2.36. The van der Waals surface area contributed by atoms with Crippen LogP contribution in [0.4, 0.5) is 0 Å². The Bertz CT molecular complexity index is 499. The molecule has 1 aliphatic heterocycles. The molecule has 23 heavy (non-hydrogen) atoms. The number of hydrogen-bond acceptors (Lipinski definition) is 5. The molecule has 8 heteroatoms. The van der Waals surface area contributed by atoms with Crippen LogP contribution < -0.4 is 0 Å². The summed E-state index contributed by atoms with van der Waals surface area (Å²) < 4.78 is 29.7. The monoisotopic (exact) mass is 347 g/mol. The number of amides is 1. The molecule has 1 amide bonds. The second-order valence-electron chi connectivity index (χ2n) is 6.58. The molecule has 1 saturated carbocycles. The first-order valence-corrected chi connectivity index (χ1v) is 10.1. The average molecular weight is 347 g/mol. The lowest BCUT2D eigenvalue weighted by Crippen LogP contribution is -2.53. The molecular formula is C15H29N3O4S. The summed E-state index contributed by atoms with van der Waals surface area (Å²) in [5.41, 5.74) is 0. The van der Waals surface area contributed by atoms with E-state index in [0.29, 0.717) is 51.3 Å². The highest BCUT2D eigenvalue weighted by Crippen LogP contribution is 2.35. The predicted octanol–water partition coefficient (Wildman–Crippen LogP) is -0.163. The van der Waals surface area contributed by atoms with Crippen LogP contribution >= 0.6 is 0 Å². The molecule has 0 spiro atoms. The first-order valence-electron chi connectivity index (χ1n) is 8.29. The van der Waals surface area contributed by atoms with E-state index in [0.717, 1.165) is 6.54 Å². The van der Waals surface area contributed by atoms with Gasteiger partial charge in [0.15, 0.2) is 0 Å². The van der Waals surface area contributed by atoms with Gasteiger partial charge in [-0.2, -0.15) is 4.31 Å². The van der Waals surface area contributed by atoms with Crippen molar-refractivity contribution in [3.05, 3.63) is 0 Å². The number of carbonyl (C=O) groups excluding carboxylic acids is 1. The highest BCUT2D eigenvalue weighted by Gasteiger charge is 2.34. The number of sulfonamides is 1. The van der Waals surface area contributed by atoms with Crippen molar-refractivity contribution in [2.24, 2.45) is 5.92 Å². The lowest BCUT2D eigenvalue weighted by molar-refractivity contribution is -0.134. The van der Waals surface area contributed by atoms with Gasteiger partial charge in [-0.15, -0.1) is 0 Å². The molecule has 2 rings (SSSR count). The summed E-state index contributed by atoms with van der Waals surface area (Å²) in [6.07, 6.45) is 3.70. The SMILES string of the molecule is COCCN(CC(=O)N1CCN(S(C)(=O)=O)CC1)C(C)C1CC1. The highest BCUT2D eigenvalue weighted by molar-refractivity contribution is 7.88. The number of ether oxygens (including phenoxy) is 1. The van der Waals surface area contributed by atoms with E-state index in [-0.39, 0.29) is 5.91 Å². The van der Waals surface area contributed by atoms with Gasteiger partial charge in [-0.3, -0.25) is 9.69 Å². The molecule has 0 aromatic heterocycles. The zero-order valence-electron chi connectivity index (χ0n) is 14.4. The lowest BCUT2D eigenvalue weighted by atomic mass is 10.1. The van der Waals surface area contributed by atoms with Gasteiger partial charge in [0.05, 0.1) is 19.4 Å². The van der Waals surface area contributed by atoms with Gasteiger partial charge >= 0.3 is 0 Å². The van der Waals surface area contributed by atoms with Crippen molar-refractivity contribution in [2.75, 3.05) is 59.2 Å². The Morgan fingerprint density at radius 1 is 1.26 bits per heavy atom. The zero-order chi connectivity index (χ0) is 17.0. The van der Waals surface area contributed by atoms with E-state index >= 15 is 0 Å². The largest absolute Gasteiger partial charge is 0.383 e. The van der Waals surface area contributed by atoms with Gasteiger partial charge in [0.1, 0.15) is 0 Å². The smallest absolute Gasteiger partial charge is 0.236 e. The predicted molar refractivity (Wildman–Crippen MR) is 88.6 cm³/mol. The summed E-state index contributed by atoms with van der Waals surface area (Å²) in [5, 5.41) is 0. The molecule has 1 aliphatic carbocycles. The van der Waals surface area contributed by atoms with Crippen LogP contribution in [0.5, 0.6) is 0 Å². The number of hydrogen-bond donors (Lipinski definition) is 0. The van der Waals surface area contributed by atoms with E-state index < -0.39 is 10.0 Å². The highest BCUT2D eigenvalue weighted by atomic mass is 32.2. The number of nitrogens with zero attached hydrogens (tertiary/aromatic N) is 3. The van der Waals surface area contributed by atoms with Crippen LogP contribution in [0.15, 0.2) is 0 Å². The minimum Gasteiger partial charge on any atom is -0.383 e. The second-order valence-corrected chi connectivity index (χ2v) is 8.57. The van der Waals surface area contributed by atoms with E-state index in [4.69, 9.17) is 4.74 Å². The van der Waals surface area contributed by atoms with Crippen LogP contribution in [0, 0.1) is 5.92 Å². The van der Waals surface area contributed by atoms with Crippen LogP contribution in [0.25, 0.3) is 0 Å². The third-order valence-electron chi connectivity index (χ3n) is 4.86. The number of rotatable bonds is 8. The van der Waals surface area contributed by atoms with Crippen LogP contribution in [-0.4, -0.2) is 93.7 Å². The summed E-state index contributed by atoms with van der Waals surface area (Å²) >= 11 is 0. The van der Waals surface area contributed by atoms with Crippen molar-refractivity contribution in [1.29, 1.82) is 0 Å². The maximum atomic E-state index is 12.6. The van der Waals surface area contributed by atoms with Crippen molar-refractivity contribution in [3.8, 4) is 0 Å². The summed E-state index contributed by atoms with van der Waals surface area (Å²) in [7, 11) is -1.49. The van der Waals surface area contributed by atoms with Crippen molar-refractivity contribution in [2.45, 2.75) is 25.8 Å². The van der Waals surface area contributed by atoms with E-state index in [2.05, 4.69) is 11.8 Å². The van der Waals surface area contributed by atoms with Crippen molar-refractivity contribution < 1.29 is 17.9 Å². The number of methoxy groups -OCH3 is 1. The fourth-order valence-electron chi connectivity index (χ4n) is 3.05. The molecule has 0 N–H and O–H groups in total. The minimum absolute atomic E-state index is 0.0850. The molecule has 0 radical (unpaired) electrons. The minimum atomic E-state index is -3.16. The van der Waals surface area contributed by atoms with Crippen LogP contribution in [0.2, 0.25) is 0 Å². The van der Waals surface area contributed by atoms with Crippen LogP contribution in [0.1, 0.15) is 19.8 Å². The molecule has 0 aromatic carbocycles. The fraction of sp³-hybridized carbons (Fsp3) is 0.933. The molecule has 2 fully saturated rings. The Morgan fingerprint density at radius 3 is 2.35 bits per heavy atom. The maximum absolute atomic E-state index is 12.6. The topological polar surface area (TPSA) is 70.2 Å². The number of carbonyl (C=O) groups is 1. The molecule has 0 bridgehead atoms. The summed E-state index contributed by atoms with van der Waals surface area (Å²) in [4.78, 5) is 16.5. The fourth-order valence-corrected chi connectivity index (χ4v) is 3.88. The van der Waals surface area contributed by atoms with Crippen LogP contribution in [-0.2, 0) is 19.6 Å². The zero-order valence-corrected chi connectivity index (χ0v) is 15.2. The molecule has 1 heterocycles. The quantitative estimate of drug-likeness (QED) is 0.610. The Balaban J connectivity index is 1.86. The van der Waals surface area contributed by atoms with Crippen molar-refractivity contribution in [1.82, 2.24) is 14.1 Å². The standard InChI is InChI=1S/C15H29N3O4S/c1-13(14-4-5-14)17(10-11-22-2)12-15(19)16-6-8-18(9-7-16)23(3,20)21/h13-14H,4-12H2,1-3H3. The third kappa shape index (κ3) is 5.41. The first kappa shape index (κ1) is 18.6. The Labute approximate surface area is 139 Å². The molecule has 1 saturated heterocycles. The second kappa shape index (κ2) is 7.92. The Hall–Kier alpha value is -0.700. The van der Waals surface area contributed by atoms with Gasteiger partial charge in [-0.05, 0) is 25.7 Å². The van der Waals surface area contributed by atoms with Gasteiger partial charge in [0.2, 0.25) is 15.9 Å². The molecular weight excluding hydrogens is 318 g/mol. The normalized spacial score (nSPS) is 21.7. The summed E-state index contributed by atoms with van der Waals surface area (Å²) in [6.45, 7) is 5.67. The number of piperazine rings is 1. The van der Waals surface area contributed by atoms with Crippen LogP contribution in [0.3, 0.4) is 0 Å². The molecule has 134 valence electrons. The average Bonchev–Trinajstić information content (AvgIpc) is 3.34. The van der Waals surface area contributed by atoms with E-state index in [9.17, 15) is 13.2 Å². The third-order valence-corrected chi connectivity index (χ3v) is 6.16. The Kier molecular flexibility index (Phi) is 6.41. The van der Waals surface area contributed by atoms with Gasteiger partial charge in [0.25, 0.3) is 0 Å². The van der Waals surface area contributed by atoms with Gasteiger partial charge in [-0.1, -0.05) is 0 Å². The van der Waals surface area contributed by atoms with E-state index in [1.165, 1.54) is 23.4 Å². The van der Waals surface area contributed by atoms with Gasteiger partial charge < -0.3 is 9.64 Å². The van der Waals surface area contributed by atoms with Crippen molar-refractivity contribution >= 4 is 15.9 Å². The summed E-state index contributed by atoms with van der Waals surface area (Å²) in [5.74, 6) is 0.781. The Morgan fingerprint density at radius 2 is 1.87 bits per heavy atom. The van der Waals surface area contributed by atoms with Gasteiger partial charge in [0, 0.05) is 45.9 Å². The maximum Gasteiger partial charge on any atom is 0.236 e. The van der Waals surface area contributed by atoms with E-state index in [1.54, 1.807) is 12.0 Å². The van der Waals surface area contributed by atoms with Gasteiger partial charge in [-0.25, -0.2) is 8.42 Å². The molecule has 1 unspecified atom stereocenters. The van der Waals surface area contributed by atoms with E-state index in [1.807, 2.05) is 0 Å². The molecule has 0 aromatic rings.